The van der Waals surface area contributed by atoms with Gasteiger partial charge < -0.3 is 10.6 Å². The van der Waals surface area contributed by atoms with Crippen molar-refractivity contribution in [1.29, 1.82) is 0 Å². The van der Waals surface area contributed by atoms with Gasteiger partial charge in [0.1, 0.15) is 5.69 Å². The van der Waals surface area contributed by atoms with Gasteiger partial charge in [-0.3, -0.25) is 4.79 Å². The number of nitrogens with one attached hydrogen (secondary N) is 2. The highest BCUT2D eigenvalue weighted by Gasteiger charge is 2.19. The van der Waals surface area contributed by atoms with Crippen molar-refractivity contribution in [3.8, 4) is 0 Å². The lowest BCUT2D eigenvalue weighted by atomic mass is 9.86. The summed E-state index contributed by atoms with van der Waals surface area (Å²) in [5.41, 5.74) is 4.47. The van der Waals surface area contributed by atoms with Crippen LogP contribution in [0.15, 0.2) is 60.8 Å². The molecule has 3 rings (SSSR count). The van der Waals surface area contributed by atoms with Crippen LogP contribution >= 0.6 is 0 Å². The van der Waals surface area contributed by atoms with Gasteiger partial charge >= 0.3 is 0 Å². The van der Waals surface area contributed by atoms with Gasteiger partial charge in [0.2, 0.25) is 5.95 Å². The molecular weight excluding hydrogens is 348 g/mol. The highest BCUT2D eigenvalue weighted by atomic mass is 16.1. The Hall–Kier alpha value is -3.21. The van der Waals surface area contributed by atoms with Gasteiger partial charge in [-0.15, -0.1) is 0 Å². The number of para-hydroxylation sites is 1. The number of aromatic nitrogens is 2. The van der Waals surface area contributed by atoms with Crippen molar-refractivity contribution in [2.24, 2.45) is 0 Å². The maximum absolute atomic E-state index is 12.7. The molecule has 0 aliphatic carbocycles. The molecule has 144 valence electrons. The van der Waals surface area contributed by atoms with E-state index in [2.05, 4.69) is 60.4 Å². The van der Waals surface area contributed by atoms with Gasteiger partial charge in [-0.25, -0.2) is 9.97 Å². The molecular formula is C23H26N4O. The smallest absolute Gasteiger partial charge is 0.274 e. The summed E-state index contributed by atoms with van der Waals surface area (Å²) in [5.74, 6) is 0.177. The fraction of sp³-hybridized carbons (Fsp3) is 0.261. The lowest BCUT2D eigenvalue weighted by molar-refractivity contribution is 0.102. The van der Waals surface area contributed by atoms with Crippen LogP contribution in [-0.4, -0.2) is 15.9 Å². The third-order valence-electron chi connectivity index (χ3n) is 4.40. The quantitative estimate of drug-likeness (QED) is 0.663. The minimum atomic E-state index is -0.252. The number of hydrogen-bond acceptors (Lipinski definition) is 4. The zero-order valence-electron chi connectivity index (χ0n) is 16.8. The van der Waals surface area contributed by atoms with Crippen LogP contribution in [0.2, 0.25) is 0 Å². The molecule has 1 amide bonds. The zero-order chi connectivity index (χ0) is 20.1. The van der Waals surface area contributed by atoms with Crippen LogP contribution in [0.4, 0.5) is 11.6 Å². The van der Waals surface area contributed by atoms with Gasteiger partial charge in [-0.2, -0.15) is 0 Å². The molecule has 0 bridgehead atoms. The number of carbonyl (C=O) groups excluding carboxylic acids is 1. The standard InChI is InChI=1S/C23H26N4O/c1-16-8-7-9-17(14-16)15-25-22-24-13-12-20(27-22)21(28)26-19-11-6-5-10-18(19)23(2,3)4/h5-14H,15H2,1-4H3,(H,26,28)(H,24,25,27). The molecule has 2 aromatic carbocycles. The molecule has 3 aromatic rings. The number of carbonyl (C=O) groups is 1. The SMILES string of the molecule is Cc1cccc(CNc2nccc(C(=O)Nc3ccccc3C(C)(C)C)n2)c1. The van der Waals surface area contributed by atoms with E-state index in [1.54, 1.807) is 12.3 Å². The normalized spacial score (nSPS) is 11.1. The number of amides is 1. The summed E-state index contributed by atoms with van der Waals surface area (Å²) in [6.45, 7) is 9.02. The maximum Gasteiger partial charge on any atom is 0.274 e. The second-order valence-electron chi connectivity index (χ2n) is 7.86. The molecule has 0 atom stereocenters. The number of anilines is 2. The molecule has 0 spiro atoms. The van der Waals surface area contributed by atoms with E-state index in [1.165, 1.54) is 5.56 Å². The topological polar surface area (TPSA) is 66.9 Å². The molecule has 0 radical (unpaired) electrons. The fourth-order valence-electron chi connectivity index (χ4n) is 3.01. The molecule has 2 N–H and O–H groups in total. The summed E-state index contributed by atoms with van der Waals surface area (Å²) in [5, 5.41) is 6.17. The summed E-state index contributed by atoms with van der Waals surface area (Å²) >= 11 is 0. The number of rotatable bonds is 5. The van der Waals surface area contributed by atoms with Gasteiger partial charge in [0.15, 0.2) is 0 Å². The Labute approximate surface area is 166 Å². The molecule has 5 heteroatoms. The summed E-state index contributed by atoms with van der Waals surface area (Å²) in [6.07, 6.45) is 1.59. The molecule has 5 nitrogen and oxygen atoms in total. The third-order valence-corrected chi connectivity index (χ3v) is 4.40. The minimum absolute atomic E-state index is 0.0733. The zero-order valence-corrected chi connectivity index (χ0v) is 16.8. The van der Waals surface area contributed by atoms with Crippen LogP contribution in [0, 0.1) is 6.92 Å². The molecule has 28 heavy (non-hydrogen) atoms. The summed E-state index contributed by atoms with van der Waals surface area (Å²) in [4.78, 5) is 21.3. The monoisotopic (exact) mass is 374 g/mol. The van der Waals surface area contributed by atoms with Gasteiger partial charge in [0, 0.05) is 18.4 Å². The first kappa shape index (κ1) is 19.5. The summed E-state index contributed by atoms with van der Waals surface area (Å²) < 4.78 is 0. The van der Waals surface area contributed by atoms with Crippen LogP contribution in [0.1, 0.15) is 48.0 Å². The first-order valence-corrected chi connectivity index (χ1v) is 9.36. The molecule has 0 saturated heterocycles. The molecule has 0 saturated carbocycles. The first-order valence-electron chi connectivity index (χ1n) is 9.36. The van der Waals surface area contributed by atoms with E-state index in [4.69, 9.17) is 0 Å². The van der Waals surface area contributed by atoms with Crippen molar-refractivity contribution in [2.75, 3.05) is 10.6 Å². The molecule has 1 heterocycles. The predicted molar refractivity (Wildman–Crippen MR) is 114 cm³/mol. The van der Waals surface area contributed by atoms with Crippen LogP contribution in [0.25, 0.3) is 0 Å². The van der Waals surface area contributed by atoms with Crippen LogP contribution < -0.4 is 10.6 Å². The average Bonchev–Trinajstić information content (AvgIpc) is 2.66. The Balaban J connectivity index is 1.73. The van der Waals surface area contributed by atoms with E-state index in [-0.39, 0.29) is 11.3 Å². The van der Waals surface area contributed by atoms with E-state index in [0.29, 0.717) is 18.2 Å². The Morgan fingerprint density at radius 2 is 1.82 bits per heavy atom. The fourth-order valence-corrected chi connectivity index (χ4v) is 3.01. The molecule has 0 aliphatic rings. The largest absolute Gasteiger partial charge is 0.350 e. The lowest BCUT2D eigenvalue weighted by Crippen LogP contribution is -2.20. The second kappa shape index (κ2) is 8.21. The average molecular weight is 374 g/mol. The van der Waals surface area contributed by atoms with E-state index in [0.717, 1.165) is 16.8 Å². The van der Waals surface area contributed by atoms with Gasteiger partial charge in [-0.05, 0) is 35.6 Å². The van der Waals surface area contributed by atoms with Gasteiger partial charge in [0.25, 0.3) is 5.91 Å². The van der Waals surface area contributed by atoms with E-state index in [1.807, 2.05) is 36.4 Å². The van der Waals surface area contributed by atoms with Gasteiger partial charge in [-0.1, -0.05) is 68.8 Å². The Bertz CT molecular complexity index is 976. The van der Waals surface area contributed by atoms with Crippen molar-refractivity contribution >= 4 is 17.5 Å². The molecule has 1 aromatic heterocycles. The maximum atomic E-state index is 12.7. The van der Waals surface area contributed by atoms with Crippen molar-refractivity contribution in [2.45, 2.75) is 39.7 Å². The van der Waals surface area contributed by atoms with Crippen LogP contribution in [0.5, 0.6) is 0 Å². The highest BCUT2D eigenvalue weighted by Crippen LogP contribution is 2.29. The molecule has 0 unspecified atom stereocenters. The predicted octanol–water partition coefficient (Wildman–Crippen LogP) is 4.95. The van der Waals surface area contributed by atoms with E-state index < -0.39 is 0 Å². The summed E-state index contributed by atoms with van der Waals surface area (Å²) in [6, 6.07) is 17.7. The molecule has 0 aliphatic heterocycles. The number of nitrogens with zero attached hydrogens (tertiary/aromatic N) is 2. The lowest BCUT2D eigenvalue weighted by Gasteiger charge is -2.22. The van der Waals surface area contributed by atoms with Crippen molar-refractivity contribution in [3.63, 3.8) is 0 Å². The van der Waals surface area contributed by atoms with Gasteiger partial charge in [0.05, 0.1) is 0 Å². The van der Waals surface area contributed by atoms with E-state index >= 15 is 0 Å². The first-order chi connectivity index (χ1) is 13.3. The summed E-state index contributed by atoms with van der Waals surface area (Å²) in [7, 11) is 0. The highest BCUT2D eigenvalue weighted by molar-refractivity contribution is 6.03. The number of benzene rings is 2. The second-order valence-corrected chi connectivity index (χ2v) is 7.86. The Kier molecular flexibility index (Phi) is 5.73. The van der Waals surface area contributed by atoms with Crippen LogP contribution in [0.3, 0.4) is 0 Å². The number of hydrogen-bond donors (Lipinski definition) is 2. The minimum Gasteiger partial charge on any atom is -0.350 e. The van der Waals surface area contributed by atoms with Crippen LogP contribution in [-0.2, 0) is 12.0 Å². The van der Waals surface area contributed by atoms with Crippen molar-refractivity contribution in [3.05, 3.63) is 83.2 Å². The number of aryl methyl sites for hydroxylation is 1. The van der Waals surface area contributed by atoms with Crippen molar-refractivity contribution < 1.29 is 4.79 Å². The molecule has 0 fully saturated rings. The Morgan fingerprint density at radius 1 is 1.04 bits per heavy atom. The Morgan fingerprint density at radius 3 is 2.57 bits per heavy atom. The van der Waals surface area contributed by atoms with E-state index in [9.17, 15) is 4.79 Å². The van der Waals surface area contributed by atoms with Crippen molar-refractivity contribution in [1.82, 2.24) is 9.97 Å². The third kappa shape index (κ3) is 4.94.